The monoisotopic (exact) mass is 265 g/mol. The van der Waals surface area contributed by atoms with Crippen LogP contribution in [0.25, 0.3) is 0 Å². The van der Waals surface area contributed by atoms with Crippen LogP contribution in [0, 0.1) is 0 Å². The van der Waals surface area contributed by atoms with Crippen LogP contribution in [0.3, 0.4) is 0 Å². The molecule has 4 heteroatoms. The van der Waals surface area contributed by atoms with E-state index in [1.807, 2.05) is 45.0 Å². The fraction of sp³-hybridized carbons (Fsp3) is 0.533. The van der Waals surface area contributed by atoms with Crippen LogP contribution in [0.4, 0.5) is 0 Å². The molecule has 2 N–H and O–H groups in total. The van der Waals surface area contributed by atoms with Crippen LogP contribution in [-0.2, 0) is 11.2 Å². The summed E-state index contributed by atoms with van der Waals surface area (Å²) in [5.41, 5.74) is 0.795. The third-order valence-corrected chi connectivity index (χ3v) is 2.34. The van der Waals surface area contributed by atoms with Crippen molar-refractivity contribution in [1.82, 2.24) is 5.32 Å². The van der Waals surface area contributed by atoms with Crippen LogP contribution >= 0.6 is 0 Å². The van der Waals surface area contributed by atoms with Crippen LogP contribution in [-0.4, -0.2) is 29.3 Å². The highest BCUT2D eigenvalue weighted by atomic mass is 16.5. The van der Waals surface area contributed by atoms with Gasteiger partial charge in [0.2, 0.25) is 0 Å². The average Bonchev–Trinajstić information content (AvgIpc) is 2.25. The Kier molecular flexibility index (Phi) is 5.36. The number of ether oxygens (including phenoxy) is 1. The standard InChI is InChI=1S/C15H23NO3/c1-11(17)9-12-5-7-13(8-6-12)19-10-14(18)16-15(2,3)4/h5-8,11,17H,9-10H2,1-4H3,(H,16,18). The van der Waals surface area contributed by atoms with Gasteiger partial charge in [-0.05, 0) is 51.8 Å². The molecule has 106 valence electrons. The Bertz CT molecular complexity index is 404. The molecule has 0 heterocycles. The fourth-order valence-corrected chi connectivity index (χ4v) is 1.67. The summed E-state index contributed by atoms with van der Waals surface area (Å²) in [5.74, 6) is 0.513. The molecule has 0 aliphatic rings. The summed E-state index contributed by atoms with van der Waals surface area (Å²) in [6.07, 6.45) is 0.259. The number of hydrogen-bond donors (Lipinski definition) is 2. The summed E-state index contributed by atoms with van der Waals surface area (Å²) in [4.78, 5) is 11.6. The largest absolute Gasteiger partial charge is 0.484 e. The van der Waals surface area contributed by atoms with Gasteiger partial charge in [0.05, 0.1) is 6.10 Å². The minimum absolute atomic E-state index is 0.00696. The zero-order valence-corrected chi connectivity index (χ0v) is 12.1. The lowest BCUT2D eigenvalue weighted by molar-refractivity contribution is -0.124. The van der Waals surface area contributed by atoms with Crippen molar-refractivity contribution >= 4 is 5.91 Å². The molecule has 0 saturated heterocycles. The second-order valence-electron chi connectivity index (χ2n) is 5.78. The van der Waals surface area contributed by atoms with Gasteiger partial charge in [-0.3, -0.25) is 4.79 Å². The number of nitrogens with one attached hydrogen (secondary N) is 1. The number of hydrogen-bond acceptors (Lipinski definition) is 3. The van der Waals surface area contributed by atoms with Gasteiger partial charge in [-0.2, -0.15) is 0 Å². The molecule has 0 saturated carbocycles. The Morgan fingerprint density at radius 2 is 1.89 bits per heavy atom. The van der Waals surface area contributed by atoms with Gasteiger partial charge >= 0.3 is 0 Å². The first kappa shape index (κ1) is 15.5. The highest BCUT2D eigenvalue weighted by Gasteiger charge is 2.13. The van der Waals surface area contributed by atoms with E-state index in [0.717, 1.165) is 5.56 Å². The molecule has 0 bridgehead atoms. The summed E-state index contributed by atoms with van der Waals surface area (Å²) < 4.78 is 5.40. The number of aliphatic hydroxyl groups excluding tert-OH is 1. The van der Waals surface area contributed by atoms with E-state index in [9.17, 15) is 9.90 Å². The van der Waals surface area contributed by atoms with E-state index >= 15 is 0 Å². The zero-order valence-electron chi connectivity index (χ0n) is 12.1. The van der Waals surface area contributed by atoms with Crippen molar-refractivity contribution in [1.29, 1.82) is 0 Å². The molecule has 19 heavy (non-hydrogen) atoms. The van der Waals surface area contributed by atoms with Gasteiger partial charge in [0, 0.05) is 5.54 Å². The molecule has 0 aliphatic heterocycles. The van der Waals surface area contributed by atoms with Gasteiger partial charge < -0.3 is 15.2 Å². The minimum Gasteiger partial charge on any atom is -0.484 e. The molecule has 1 rings (SSSR count). The quantitative estimate of drug-likeness (QED) is 0.855. The molecular formula is C15H23NO3. The Hall–Kier alpha value is -1.55. The van der Waals surface area contributed by atoms with Crippen LogP contribution in [0.2, 0.25) is 0 Å². The molecule has 1 aromatic rings. The second kappa shape index (κ2) is 6.57. The van der Waals surface area contributed by atoms with Crippen molar-refractivity contribution < 1.29 is 14.6 Å². The lowest BCUT2D eigenvalue weighted by Gasteiger charge is -2.20. The normalized spacial score (nSPS) is 12.9. The van der Waals surface area contributed by atoms with E-state index in [-0.39, 0.29) is 24.2 Å². The lowest BCUT2D eigenvalue weighted by Crippen LogP contribution is -2.43. The van der Waals surface area contributed by atoms with Crippen molar-refractivity contribution in [3.05, 3.63) is 29.8 Å². The topological polar surface area (TPSA) is 58.6 Å². The third kappa shape index (κ3) is 6.82. The molecule has 0 spiro atoms. The van der Waals surface area contributed by atoms with Gasteiger partial charge in [-0.1, -0.05) is 12.1 Å². The van der Waals surface area contributed by atoms with Gasteiger partial charge in [-0.15, -0.1) is 0 Å². The molecule has 1 atom stereocenters. The number of carbonyl (C=O) groups excluding carboxylic acids is 1. The SMILES string of the molecule is CC(O)Cc1ccc(OCC(=O)NC(C)(C)C)cc1. The maximum atomic E-state index is 11.6. The molecule has 0 aromatic heterocycles. The summed E-state index contributed by atoms with van der Waals surface area (Å²) in [6.45, 7) is 7.54. The van der Waals surface area contributed by atoms with E-state index in [0.29, 0.717) is 12.2 Å². The number of rotatable bonds is 5. The van der Waals surface area contributed by atoms with Gasteiger partial charge in [-0.25, -0.2) is 0 Å². The van der Waals surface area contributed by atoms with Gasteiger partial charge in [0.25, 0.3) is 5.91 Å². The van der Waals surface area contributed by atoms with Crippen LogP contribution in [0.5, 0.6) is 5.75 Å². The Labute approximate surface area is 114 Å². The Morgan fingerprint density at radius 3 is 2.37 bits per heavy atom. The molecule has 1 amide bonds. The molecular weight excluding hydrogens is 242 g/mol. The first-order chi connectivity index (χ1) is 8.76. The summed E-state index contributed by atoms with van der Waals surface area (Å²) in [6, 6.07) is 7.40. The number of aliphatic hydroxyl groups is 1. The smallest absolute Gasteiger partial charge is 0.258 e. The summed E-state index contributed by atoms with van der Waals surface area (Å²) in [7, 11) is 0. The highest BCUT2D eigenvalue weighted by molar-refractivity contribution is 5.78. The molecule has 1 aromatic carbocycles. The number of carbonyl (C=O) groups is 1. The minimum atomic E-state index is -0.357. The van der Waals surface area contributed by atoms with Gasteiger partial charge in [0.15, 0.2) is 6.61 Å². The summed E-state index contributed by atoms with van der Waals surface area (Å²) in [5, 5.41) is 12.1. The summed E-state index contributed by atoms with van der Waals surface area (Å²) >= 11 is 0. The van der Waals surface area contributed by atoms with Crippen molar-refractivity contribution in [2.24, 2.45) is 0 Å². The van der Waals surface area contributed by atoms with Crippen molar-refractivity contribution in [2.75, 3.05) is 6.61 Å². The van der Waals surface area contributed by atoms with E-state index in [1.54, 1.807) is 6.92 Å². The molecule has 0 aliphatic carbocycles. The van der Waals surface area contributed by atoms with Crippen molar-refractivity contribution in [3.8, 4) is 5.75 Å². The molecule has 0 fully saturated rings. The van der Waals surface area contributed by atoms with Crippen LogP contribution in [0.1, 0.15) is 33.3 Å². The predicted molar refractivity (Wildman–Crippen MR) is 75.2 cm³/mol. The predicted octanol–water partition coefficient (Wildman–Crippen LogP) is 1.90. The Balaban J connectivity index is 2.44. The number of benzene rings is 1. The van der Waals surface area contributed by atoms with E-state index in [4.69, 9.17) is 4.74 Å². The first-order valence-electron chi connectivity index (χ1n) is 6.47. The maximum Gasteiger partial charge on any atom is 0.258 e. The molecule has 1 unspecified atom stereocenters. The first-order valence-corrected chi connectivity index (χ1v) is 6.47. The lowest BCUT2D eigenvalue weighted by atomic mass is 10.1. The van der Waals surface area contributed by atoms with Crippen LogP contribution < -0.4 is 10.1 Å². The number of amides is 1. The fourth-order valence-electron chi connectivity index (χ4n) is 1.67. The maximum absolute atomic E-state index is 11.6. The average molecular weight is 265 g/mol. The third-order valence-electron chi connectivity index (χ3n) is 2.34. The second-order valence-corrected chi connectivity index (χ2v) is 5.78. The van der Waals surface area contributed by atoms with Gasteiger partial charge in [0.1, 0.15) is 5.75 Å². The van der Waals surface area contributed by atoms with Crippen LogP contribution in [0.15, 0.2) is 24.3 Å². The van der Waals surface area contributed by atoms with E-state index in [2.05, 4.69) is 5.32 Å². The zero-order chi connectivity index (χ0) is 14.5. The molecule has 0 radical (unpaired) electrons. The van der Waals surface area contributed by atoms with E-state index < -0.39 is 0 Å². The highest BCUT2D eigenvalue weighted by Crippen LogP contribution is 2.13. The van der Waals surface area contributed by atoms with Crippen molar-refractivity contribution in [3.63, 3.8) is 0 Å². The molecule has 4 nitrogen and oxygen atoms in total. The van der Waals surface area contributed by atoms with Crippen molar-refractivity contribution in [2.45, 2.75) is 45.8 Å². The van der Waals surface area contributed by atoms with E-state index in [1.165, 1.54) is 0 Å². The Morgan fingerprint density at radius 1 is 1.32 bits per heavy atom.